The molecule has 1 heterocycles. The molecule has 7 heteroatoms. The molecule has 0 bridgehead atoms. The molecule has 0 amide bonds. The van der Waals surface area contributed by atoms with E-state index in [-0.39, 0.29) is 9.92 Å². The molecule has 1 saturated heterocycles. The Morgan fingerprint density at radius 2 is 1.75 bits per heavy atom. The van der Waals surface area contributed by atoms with Crippen molar-refractivity contribution in [1.29, 1.82) is 0 Å². The van der Waals surface area contributed by atoms with Gasteiger partial charge >= 0.3 is 0 Å². The molecule has 152 valence electrons. The van der Waals surface area contributed by atoms with E-state index in [0.29, 0.717) is 6.54 Å². The number of unbranched alkanes of at least 4 members (excludes halogenated alkanes) is 1. The molecule has 0 saturated carbocycles. The molecular formula is C21H28ClN3O2S. The van der Waals surface area contributed by atoms with Crippen molar-refractivity contribution in [3.63, 3.8) is 0 Å². The van der Waals surface area contributed by atoms with Gasteiger partial charge in [-0.15, -0.1) is 0 Å². The molecule has 0 aromatic heterocycles. The highest BCUT2D eigenvalue weighted by atomic mass is 35.5. The summed E-state index contributed by atoms with van der Waals surface area (Å²) >= 11 is 5.99. The van der Waals surface area contributed by atoms with E-state index in [1.165, 1.54) is 17.3 Å². The number of benzene rings is 2. The highest BCUT2D eigenvalue weighted by Crippen LogP contribution is 2.20. The van der Waals surface area contributed by atoms with Gasteiger partial charge in [-0.1, -0.05) is 35.9 Å². The number of hydrogen-bond acceptors (Lipinski definition) is 4. The number of sulfonamides is 1. The minimum atomic E-state index is -3.54. The Hall–Kier alpha value is -1.60. The molecular weight excluding hydrogens is 394 g/mol. The van der Waals surface area contributed by atoms with Crippen molar-refractivity contribution in [2.45, 2.75) is 24.7 Å². The van der Waals surface area contributed by atoms with Crippen molar-refractivity contribution >= 4 is 27.3 Å². The number of rotatable bonds is 8. The largest absolute Gasteiger partial charge is 0.369 e. The van der Waals surface area contributed by atoms with Gasteiger partial charge in [0, 0.05) is 38.4 Å². The van der Waals surface area contributed by atoms with Crippen molar-refractivity contribution in [1.82, 2.24) is 9.62 Å². The molecule has 1 aliphatic rings. The maximum absolute atomic E-state index is 12.3. The third kappa shape index (κ3) is 5.70. The second kappa shape index (κ2) is 9.74. The summed E-state index contributed by atoms with van der Waals surface area (Å²) in [5, 5.41) is 0.251. The van der Waals surface area contributed by atoms with E-state index in [0.717, 1.165) is 45.6 Å². The Morgan fingerprint density at radius 3 is 2.46 bits per heavy atom. The van der Waals surface area contributed by atoms with Gasteiger partial charge in [-0.2, -0.15) is 0 Å². The molecule has 0 aliphatic carbocycles. The summed E-state index contributed by atoms with van der Waals surface area (Å²) in [5.41, 5.74) is 2.59. The fourth-order valence-electron chi connectivity index (χ4n) is 3.46. The first-order chi connectivity index (χ1) is 13.5. The van der Waals surface area contributed by atoms with Crippen molar-refractivity contribution < 1.29 is 8.42 Å². The van der Waals surface area contributed by atoms with Crippen LogP contribution in [0.3, 0.4) is 0 Å². The molecule has 0 atom stereocenters. The third-order valence-corrected chi connectivity index (χ3v) is 7.02. The SMILES string of the molecule is Cc1cccc(N2CCN(CCCCNS(=O)(=O)c3ccccc3Cl)CC2)c1. The molecule has 5 nitrogen and oxygen atoms in total. The predicted octanol–water partition coefficient (Wildman–Crippen LogP) is 3.53. The van der Waals surface area contributed by atoms with Crippen LogP contribution in [-0.2, 0) is 10.0 Å². The van der Waals surface area contributed by atoms with E-state index >= 15 is 0 Å². The number of anilines is 1. The number of hydrogen-bond donors (Lipinski definition) is 1. The number of halogens is 1. The van der Waals surface area contributed by atoms with Gasteiger partial charge < -0.3 is 4.90 Å². The van der Waals surface area contributed by atoms with E-state index in [2.05, 4.69) is 45.7 Å². The van der Waals surface area contributed by atoms with Crippen molar-refractivity contribution in [2.75, 3.05) is 44.2 Å². The summed E-state index contributed by atoms with van der Waals surface area (Å²) in [6.07, 6.45) is 1.78. The van der Waals surface area contributed by atoms with Gasteiger partial charge in [0.2, 0.25) is 10.0 Å². The van der Waals surface area contributed by atoms with Crippen LogP contribution >= 0.6 is 11.6 Å². The number of nitrogens with zero attached hydrogens (tertiary/aromatic N) is 2. The van der Waals surface area contributed by atoms with Crippen molar-refractivity contribution in [3.8, 4) is 0 Å². The molecule has 3 rings (SSSR count). The summed E-state index contributed by atoms with van der Waals surface area (Å²) < 4.78 is 27.3. The van der Waals surface area contributed by atoms with Gasteiger partial charge in [0.1, 0.15) is 4.90 Å². The average Bonchev–Trinajstić information content (AvgIpc) is 2.68. The zero-order chi connectivity index (χ0) is 20.0. The van der Waals surface area contributed by atoms with Gasteiger partial charge in [-0.3, -0.25) is 4.90 Å². The van der Waals surface area contributed by atoms with E-state index in [1.54, 1.807) is 18.2 Å². The quantitative estimate of drug-likeness (QED) is 0.662. The normalized spacial score (nSPS) is 15.7. The zero-order valence-corrected chi connectivity index (χ0v) is 17.8. The lowest BCUT2D eigenvalue weighted by Gasteiger charge is -2.36. The first kappa shape index (κ1) is 21.1. The first-order valence-corrected chi connectivity index (χ1v) is 11.6. The molecule has 1 N–H and O–H groups in total. The van der Waals surface area contributed by atoms with Crippen LogP contribution in [0.2, 0.25) is 5.02 Å². The molecule has 1 aliphatic heterocycles. The smallest absolute Gasteiger partial charge is 0.242 e. The van der Waals surface area contributed by atoms with Crippen LogP contribution in [0.4, 0.5) is 5.69 Å². The van der Waals surface area contributed by atoms with Gasteiger partial charge in [-0.25, -0.2) is 13.1 Å². The number of piperazine rings is 1. The summed E-state index contributed by atoms with van der Waals surface area (Å²) in [4.78, 5) is 5.03. The highest BCUT2D eigenvalue weighted by molar-refractivity contribution is 7.89. The van der Waals surface area contributed by atoms with E-state index < -0.39 is 10.0 Å². The fourth-order valence-corrected chi connectivity index (χ4v) is 5.05. The third-order valence-electron chi connectivity index (χ3n) is 5.06. The Bertz CT molecular complexity index is 881. The molecule has 0 spiro atoms. The second-order valence-electron chi connectivity index (χ2n) is 7.20. The summed E-state index contributed by atoms with van der Waals surface area (Å²) in [6.45, 7) is 7.69. The Labute approximate surface area is 173 Å². The molecule has 0 unspecified atom stereocenters. The molecule has 2 aromatic rings. The van der Waals surface area contributed by atoms with Crippen molar-refractivity contribution in [3.05, 3.63) is 59.1 Å². The van der Waals surface area contributed by atoms with E-state index in [9.17, 15) is 8.42 Å². The first-order valence-electron chi connectivity index (χ1n) is 9.74. The Morgan fingerprint density at radius 1 is 1.00 bits per heavy atom. The van der Waals surface area contributed by atoms with Gasteiger partial charge in [0.15, 0.2) is 0 Å². The van der Waals surface area contributed by atoms with E-state index in [1.807, 2.05) is 0 Å². The fraction of sp³-hybridized carbons (Fsp3) is 0.429. The standard InChI is InChI=1S/C21H28ClN3O2S/c1-18-7-6-8-19(17-18)25-15-13-24(14-16-25)12-5-4-11-23-28(26,27)21-10-3-2-9-20(21)22/h2-3,6-10,17,23H,4-5,11-16H2,1H3. The van der Waals surface area contributed by atoms with E-state index in [4.69, 9.17) is 11.6 Å². The number of aryl methyl sites for hydroxylation is 1. The highest BCUT2D eigenvalue weighted by Gasteiger charge is 2.18. The van der Waals surface area contributed by atoms with Crippen LogP contribution in [0.5, 0.6) is 0 Å². The average molecular weight is 422 g/mol. The van der Waals surface area contributed by atoms with Crippen LogP contribution in [0.25, 0.3) is 0 Å². The Kier molecular flexibility index (Phi) is 7.35. The minimum absolute atomic E-state index is 0.143. The second-order valence-corrected chi connectivity index (χ2v) is 9.35. The van der Waals surface area contributed by atoms with Crippen LogP contribution in [0, 0.1) is 6.92 Å². The van der Waals surface area contributed by atoms with Gasteiger partial charge in [-0.05, 0) is 56.1 Å². The summed E-state index contributed by atoms with van der Waals surface area (Å²) in [5.74, 6) is 0. The minimum Gasteiger partial charge on any atom is -0.369 e. The summed E-state index contributed by atoms with van der Waals surface area (Å²) in [6, 6.07) is 15.2. The van der Waals surface area contributed by atoms with Crippen molar-refractivity contribution in [2.24, 2.45) is 0 Å². The number of nitrogens with one attached hydrogen (secondary N) is 1. The molecule has 0 radical (unpaired) electrons. The lowest BCUT2D eigenvalue weighted by Crippen LogP contribution is -2.46. The lowest BCUT2D eigenvalue weighted by molar-refractivity contribution is 0.253. The maximum Gasteiger partial charge on any atom is 0.242 e. The molecule has 1 fully saturated rings. The van der Waals surface area contributed by atoms with Gasteiger partial charge in [0.05, 0.1) is 5.02 Å². The summed E-state index contributed by atoms with van der Waals surface area (Å²) in [7, 11) is -3.54. The molecule has 28 heavy (non-hydrogen) atoms. The van der Waals surface area contributed by atoms with Crippen LogP contribution in [0.1, 0.15) is 18.4 Å². The van der Waals surface area contributed by atoms with Crippen LogP contribution in [0.15, 0.2) is 53.4 Å². The van der Waals surface area contributed by atoms with Crippen LogP contribution in [-0.4, -0.2) is 52.6 Å². The lowest BCUT2D eigenvalue weighted by atomic mass is 10.2. The van der Waals surface area contributed by atoms with Gasteiger partial charge in [0.25, 0.3) is 0 Å². The predicted molar refractivity (Wildman–Crippen MR) is 116 cm³/mol. The monoisotopic (exact) mass is 421 g/mol. The maximum atomic E-state index is 12.3. The molecule has 2 aromatic carbocycles. The topological polar surface area (TPSA) is 52.6 Å². The zero-order valence-electron chi connectivity index (χ0n) is 16.3. The van der Waals surface area contributed by atoms with Crippen LogP contribution < -0.4 is 9.62 Å². The Balaban J connectivity index is 1.36.